The number of hydrogen-bond donors (Lipinski definition) is 0. The molecule has 0 aliphatic carbocycles. The topological polar surface area (TPSA) is 86.9 Å². The zero-order valence-electron chi connectivity index (χ0n) is 16.8. The minimum atomic E-state index is -0.158. The van der Waals surface area contributed by atoms with Gasteiger partial charge >= 0.3 is 0 Å². The van der Waals surface area contributed by atoms with Crippen LogP contribution < -0.4 is 14.2 Å². The number of ether oxygens (including phenoxy) is 3. The van der Waals surface area contributed by atoms with Gasteiger partial charge in [-0.25, -0.2) is 0 Å². The molecule has 1 heterocycles. The van der Waals surface area contributed by atoms with E-state index in [0.717, 1.165) is 5.75 Å². The second-order valence-electron chi connectivity index (χ2n) is 6.20. The Bertz CT molecular complexity index is 969. The monoisotopic (exact) mass is 397 g/mol. The maximum absolute atomic E-state index is 12.6. The smallest absolute Gasteiger partial charge is 0.254 e. The minimum Gasteiger partial charge on any atom is -0.497 e. The van der Waals surface area contributed by atoms with E-state index in [0.29, 0.717) is 40.9 Å². The third-order valence-corrected chi connectivity index (χ3v) is 4.25. The van der Waals surface area contributed by atoms with Crippen LogP contribution in [0.1, 0.15) is 23.2 Å². The van der Waals surface area contributed by atoms with Crippen molar-refractivity contribution >= 4 is 5.91 Å². The van der Waals surface area contributed by atoms with Gasteiger partial charge in [0.25, 0.3) is 5.91 Å². The first-order chi connectivity index (χ1) is 14.0. The van der Waals surface area contributed by atoms with E-state index in [4.69, 9.17) is 18.7 Å². The molecule has 152 valence electrons. The summed E-state index contributed by atoms with van der Waals surface area (Å²) in [6, 6.07) is 12.3. The number of nitrogens with zero attached hydrogens (tertiary/aromatic N) is 3. The number of carbonyl (C=O) groups is 1. The van der Waals surface area contributed by atoms with Gasteiger partial charge in [0.15, 0.2) is 0 Å². The Kier molecular flexibility index (Phi) is 6.33. The molecule has 0 aliphatic rings. The lowest BCUT2D eigenvalue weighted by molar-refractivity contribution is 0.0769. The van der Waals surface area contributed by atoms with Gasteiger partial charge in [-0.3, -0.25) is 4.79 Å². The van der Waals surface area contributed by atoms with Crippen LogP contribution in [0.2, 0.25) is 0 Å². The molecule has 0 bridgehead atoms. The van der Waals surface area contributed by atoms with Gasteiger partial charge in [0.1, 0.15) is 17.2 Å². The van der Waals surface area contributed by atoms with E-state index in [2.05, 4.69) is 10.1 Å². The van der Waals surface area contributed by atoms with Crippen LogP contribution in [-0.2, 0) is 6.54 Å². The average Bonchev–Trinajstić information content (AvgIpc) is 3.21. The number of hydrogen-bond acceptors (Lipinski definition) is 7. The molecule has 3 rings (SSSR count). The second kappa shape index (κ2) is 9.09. The first kappa shape index (κ1) is 20.2. The summed E-state index contributed by atoms with van der Waals surface area (Å²) < 4.78 is 21.3. The van der Waals surface area contributed by atoms with Gasteiger partial charge in [0, 0.05) is 18.7 Å². The van der Waals surface area contributed by atoms with Crippen molar-refractivity contribution in [3.05, 3.63) is 53.9 Å². The van der Waals surface area contributed by atoms with Crippen molar-refractivity contribution < 1.29 is 23.5 Å². The molecule has 0 spiro atoms. The fraction of sp³-hybridized carbons (Fsp3) is 0.286. The van der Waals surface area contributed by atoms with E-state index in [9.17, 15) is 4.79 Å². The van der Waals surface area contributed by atoms with Crippen molar-refractivity contribution in [3.63, 3.8) is 0 Å². The average molecular weight is 397 g/mol. The van der Waals surface area contributed by atoms with E-state index in [1.807, 2.05) is 6.92 Å². The summed E-state index contributed by atoms with van der Waals surface area (Å²) in [5.74, 6) is 2.49. The molecular weight excluding hydrogens is 374 g/mol. The summed E-state index contributed by atoms with van der Waals surface area (Å²) in [6.07, 6.45) is 0. The van der Waals surface area contributed by atoms with Crippen molar-refractivity contribution in [2.24, 2.45) is 0 Å². The minimum absolute atomic E-state index is 0.158. The summed E-state index contributed by atoms with van der Waals surface area (Å²) in [6.45, 7) is 2.66. The van der Waals surface area contributed by atoms with Crippen LogP contribution in [0.15, 0.2) is 47.0 Å². The van der Waals surface area contributed by atoms with E-state index in [1.54, 1.807) is 63.7 Å². The molecule has 2 aromatic carbocycles. The summed E-state index contributed by atoms with van der Waals surface area (Å²) in [5, 5.41) is 4.01. The van der Waals surface area contributed by atoms with Crippen LogP contribution in [0.5, 0.6) is 17.2 Å². The highest BCUT2D eigenvalue weighted by molar-refractivity contribution is 5.94. The number of benzene rings is 2. The number of rotatable bonds is 8. The van der Waals surface area contributed by atoms with Crippen molar-refractivity contribution in [2.75, 3.05) is 27.9 Å². The molecule has 0 saturated carbocycles. The fourth-order valence-corrected chi connectivity index (χ4v) is 2.77. The molecule has 0 aliphatic heterocycles. The van der Waals surface area contributed by atoms with E-state index >= 15 is 0 Å². The molecular formula is C21H23N3O5. The first-order valence-electron chi connectivity index (χ1n) is 9.09. The zero-order chi connectivity index (χ0) is 20.8. The van der Waals surface area contributed by atoms with Gasteiger partial charge in [-0.2, -0.15) is 4.98 Å². The normalized spacial score (nSPS) is 10.5. The van der Waals surface area contributed by atoms with Crippen molar-refractivity contribution in [1.82, 2.24) is 15.0 Å². The Morgan fingerprint density at radius 1 is 1.07 bits per heavy atom. The second-order valence-corrected chi connectivity index (χ2v) is 6.20. The number of carbonyl (C=O) groups excluding carboxylic acids is 1. The van der Waals surface area contributed by atoms with Crippen LogP contribution in [0, 0.1) is 0 Å². The molecule has 0 unspecified atom stereocenters. The molecule has 8 heteroatoms. The Balaban J connectivity index is 1.71. The highest BCUT2D eigenvalue weighted by Gasteiger charge is 2.18. The van der Waals surface area contributed by atoms with Crippen LogP contribution in [0.4, 0.5) is 0 Å². The lowest BCUT2D eigenvalue weighted by Gasteiger charge is -2.15. The summed E-state index contributed by atoms with van der Waals surface area (Å²) in [5.41, 5.74) is 1.22. The van der Waals surface area contributed by atoms with E-state index < -0.39 is 0 Å². The molecule has 1 amide bonds. The quantitative estimate of drug-likeness (QED) is 0.575. The third-order valence-electron chi connectivity index (χ3n) is 4.25. The van der Waals surface area contributed by atoms with Crippen molar-refractivity contribution in [3.8, 4) is 28.6 Å². The van der Waals surface area contributed by atoms with Gasteiger partial charge in [0.2, 0.25) is 11.7 Å². The Labute approximate surface area is 169 Å². The summed E-state index contributed by atoms with van der Waals surface area (Å²) >= 11 is 0. The molecule has 3 aromatic rings. The van der Waals surface area contributed by atoms with E-state index in [1.165, 1.54) is 4.90 Å². The molecule has 0 fully saturated rings. The third kappa shape index (κ3) is 4.66. The van der Waals surface area contributed by atoms with Crippen LogP contribution >= 0.6 is 0 Å². The standard InChI is InChI=1S/C21H23N3O5/c1-5-28-15-8-6-14(7-9-15)21(25)24(2)13-19-22-20(23-29-19)17-11-10-16(26-3)12-18(17)27-4/h6-12H,5,13H2,1-4H3. The Morgan fingerprint density at radius 2 is 1.79 bits per heavy atom. The Morgan fingerprint density at radius 3 is 2.45 bits per heavy atom. The lowest BCUT2D eigenvalue weighted by atomic mass is 10.2. The number of amides is 1. The highest BCUT2D eigenvalue weighted by Crippen LogP contribution is 2.31. The predicted octanol–water partition coefficient (Wildman–Crippen LogP) is 3.42. The van der Waals surface area contributed by atoms with Gasteiger partial charge in [-0.05, 0) is 43.3 Å². The SMILES string of the molecule is CCOc1ccc(C(=O)N(C)Cc2nc(-c3ccc(OC)cc3OC)no2)cc1. The molecule has 8 nitrogen and oxygen atoms in total. The highest BCUT2D eigenvalue weighted by atomic mass is 16.5. The van der Waals surface area contributed by atoms with Crippen LogP contribution in [0.25, 0.3) is 11.4 Å². The van der Waals surface area contributed by atoms with E-state index in [-0.39, 0.29) is 12.5 Å². The Hall–Kier alpha value is -3.55. The summed E-state index contributed by atoms with van der Waals surface area (Å²) in [7, 11) is 4.82. The number of methoxy groups -OCH3 is 2. The first-order valence-corrected chi connectivity index (χ1v) is 9.09. The van der Waals surface area contributed by atoms with Gasteiger partial charge in [0.05, 0.1) is 32.9 Å². The zero-order valence-corrected chi connectivity index (χ0v) is 16.8. The molecule has 0 saturated heterocycles. The van der Waals surface area contributed by atoms with Gasteiger partial charge in [-0.15, -0.1) is 0 Å². The lowest BCUT2D eigenvalue weighted by Crippen LogP contribution is -2.26. The molecule has 0 N–H and O–H groups in total. The summed E-state index contributed by atoms with van der Waals surface area (Å²) in [4.78, 5) is 18.5. The molecule has 0 radical (unpaired) electrons. The largest absolute Gasteiger partial charge is 0.497 e. The molecule has 29 heavy (non-hydrogen) atoms. The maximum atomic E-state index is 12.6. The van der Waals surface area contributed by atoms with Crippen molar-refractivity contribution in [2.45, 2.75) is 13.5 Å². The molecule has 1 aromatic heterocycles. The van der Waals surface area contributed by atoms with Gasteiger partial charge in [-0.1, -0.05) is 5.16 Å². The predicted molar refractivity (Wildman–Crippen MR) is 106 cm³/mol. The number of aromatic nitrogens is 2. The van der Waals surface area contributed by atoms with Crippen LogP contribution in [0.3, 0.4) is 0 Å². The fourth-order valence-electron chi connectivity index (χ4n) is 2.77. The van der Waals surface area contributed by atoms with Gasteiger partial charge < -0.3 is 23.6 Å². The van der Waals surface area contributed by atoms with Crippen molar-refractivity contribution in [1.29, 1.82) is 0 Å². The van der Waals surface area contributed by atoms with Crippen LogP contribution in [-0.4, -0.2) is 48.8 Å². The molecule has 0 atom stereocenters. The maximum Gasteiger partial charge on any atom is 0.254 e.